The molecule has 0 aliphatic heterocycles. The first kappa shape index (κ1) is 18.9. The van der Waals surface area contributed by atoms with E-state index in [4.69, 9.17) is 4.74 Å². The van der Waals surface area contributed by atoms with Gasteiger partial charge in [0.1, 0.15) is 5.60 Å². The van der Waals surface area contributed by atoms with Crippen molar-refractivity contribution in [3.05, 3.63) is 0 Å². The minimum absolute atomic E-state index is 0.135. The lowest BCUT2D eigenvalue weighted by Gasteiger charge is -2.19. The van der Waals surface area contributed by atoms with Crippen molar-refractivity contribution in [2.45, 2.75) is 64.9 Å². The van der Waals surface area contributed by atoms with E-state index in [-0.39, 0.29) is 18.5 Å². The fourth-order valence-corrected chi connectivity index (χ4v) is 1.72. The number of esters is 2. The van der Waals surface area contributed by atoms with E-state index in [0.29, 0.717) is 6.42 Å². The monoisotopic (exact) mass is 287 g/mol. The normalized spacial score (nSPS) is 11.2. The first-order chi connectivity index (χ1) is 9.35. The molecule has 0 saturated carbocycles. The molecule has 0 amide bonds. The molecule has 118 valence electrons. The van der Waals surface area contributed by atoms with Gasteiger partial charge >= 0.3 is 11.9 Å². The quantitative estimate of drug-likeness (QED) is 0.494. The summed E-state index contributed by atoms with van der Waals surface area (Å²) in [6.45, 7) is 6.66. The number of ether oxygens (including phenoxy) is 2. The van der Waals surface area contributed by atoms with Crippen molar-refractivity contribution in [1.29, 1.82) is 0 Å². The molecular weight excluding hydrogens is 258 g/mol. The van der Waals surface area contributed by atoms with Gasteiger partial charge in [0, 0.05) is 6.42 Å². The van der Waals surface area contributed by atoms with Crippen molar-refractivity contribution in [1.82, 2.24) is 5.32 Å². The summed E-state index contributed by atoms with van der Waals surface area (Å²) in [6.07, 6.45) is 5.67. The van der Waals surface area contributed by atoms with Crippen molar-refractivity contribution >= 4 is 11.9 Å². The fraction of sp³-hybridized carbons (Fsp3) is 0.867. The molecule has 0 aromatic rings. The molecule has 0 rings (SSSR count). The van der Waals surface area contributed by atoms with Gasteiger partial charge in [-0.2, -0.15) is 0 Å². The van der Waals surface area contributed by atoms with E-state index in [2.05, 4.69) is 10.1 Å². The Hall–Kier alpha value is -1.10. The Morgan fingerprint density at radius 2 is 1.55 bits per heavy atom. The predicted octanol–water partition coefficient (Wildman–Crippen LogP) is 2.43. The molecule has 5 nitrogen and oxygen atoms in total. The molecule has 0 aliphatic carbocycles. The summed E-state index contributed by atoms with van der Waals surface area (Å²) in [7, 11) is 1.42. The van der Waals surface area contributed by atoms with Gasteiger partial charge in [-0.15, -0.1) is 0 Å². The molecule has 0 spiro atoms. The Morgan fingerprint density at radius 3 is 2.15 bits per heavy atom. The topological polar surface area (TPSA) is 64.6 Å². The lowest BCUT2D eigenvalue weighted by Crippen LogP contribution is -2.31. The second-order valence-corrected chi connectivity index (χ2v) is 5.86. The molecular formula is C15H29NO4. The van der Waals surface area contributed by atoms with E-state index in [0.717, 1.165) is 38.6 Å². The molecule has 0 aromatic heterocycles. The highest BCUT2D eigenvalue weighted by Gasteiger charge is 2.15. The van der Waals surface area contributed by atoms with Gasteiger partial charge in [-0.05, 0) is 40.2 Å². The zero-order valence-corrected chi connectivity index (χ0v) is 13.3. The first-order valence-electron chi connectivity index (χ1n) is 7.34. The third-order valence-electron chi connectivity index (χ3n) is 2.65. The van der Waals surface area contributed by atoms with Gasteiger partial charge < -0.3 is 14.8 Å². The van der Waals surface area contributed by atoms with Crippen LogP contribution < -0.4 is 5.32 Å². The van der Waals surface area contributed by atoms with Gasteiger partial charge in [-0.3, -0.25) is 9.59 Å². The summed E-state index contributed by atoms with van der Waals surface area (Å²) < 4.78 is 9.76. The van der Waals surface area contributed by atoms with Crippen LogP contribution in [0.4, 0.5) is 0 Å². The van der Waals surface area contributed by atoms with Crippen LogP contribution in [0.5, 0.6) is 0 Å². The average molecular weight is 287 g/mol. The zero-order valence-electron chi connectivity index (χ0n) is 13.3. The van der Waals surface area contributed by atoms with Crippen molar-refractivity contribution in [2.75, 3.05) is 20.2 Å². The van der Waals surface area contributed by atoms with Crippen molar-refractivity contribution in [3.63, 3.8) is 0 Å². The lowest BCUT2D eigenvalue weighted by atomic mass is 10.1. The smallest absolute Gasteiger partial charge is 0.320 e. The number of methoxy groups -OCH3 is 1. The van der Waals surface area contributed by atoms with Crippen molar-refractivity contribution in [2.24, 2.45) is 0 Å². The SMILES string of the molecule is COC(=O)CCCCCCCNCC(=O)OC(C)(C)C. The maximum absolute atomic E-state index is 11.4. The van der Waals surface area contributed by atoms with Crippen molar-refractivity contribution < 1.29 is 19.1 Å². The van der Waals surface area contributed by atoms with Gasteiger partial charge in [-0.25, -0.2) is 0 Å². The van der Waals surface area contributed by atoms with E-state index < -0.39 is 5.60 Å². The van der Waals surface area contributed by atoms with E-state index in [9.17, 15) is 9.59 Å². The average Bonchev–Trinajstić information content (AvgIpc) is 2.34. The minimum Gasteiger partial charge on any atom is -0.469 e. The highest BCUT2D eigenvalue weighted by atomic mass is 16.6. The number of hydrogen-bond acceptors (Lipinski definition) is 5. The van der Waals surface area contributed by atoms with Crippen LogP contribution in [0.1, 0.15) is 59.3 Å². The van der Waals surface area contributed by atoms with Crippen LogP contribution in [0.3, 0.4) is 0 Å². The Balaban J connectivity index is 3.29. The third-order valence-corrected chi connectivity index (χ3v) is 2.65. The number of hydrogen-bond donors (Lipinski definition) is 1. The first-order valence-corrected chi connectivity index (χ1v) is 7.34. The molecule has 0 heterocycles. The summed E-state index contributed by atoms with van der Waals surface area (Å²) in [6, 6.07) is 0. The van der Waals surface area contributed by atoms with Crippen LogP contribution in [-0.2, 0) is 19.1 Å². The summed E-state index contributed by atoms with van der Waals surface area (Å²) in [5.74, 6) is -0.348. The van der Waals surface area contributed by atoms with Gasteiger partial charge in [0.05, 0.1) is 13.7 Å². The molecule has 1 N–H and O–H groups in total. The molecule has 0 radical (unpaired) electrons. The second kappa shape index (κ2) is 10.7. The Morgan fingerprint density at radius 1 is 0.950 bits per heavy atom. The molecule has 0 bridgehead atoms. The fourth-order valence-electron chi connectivity index (χ4n) is 1.72. The Kier molecular flexibility index (Phi) is 10.1. The van der Waals surface area contributed by atoms with Crippen LogP contribution in [0, 0.1) is 0 Å². The van der Waals surface area contributed by atoms with Crippen LogP contribution >= 0.6 is 0 Å². The summed E-state index contributed by atoms with van der Waals surface area (Å²) >= 11 is 0. The standard InChI is InChI=1S/C15H29NO4/c1-15(2,3)20-14(18)12-16-11-9-7-5-6-8-10-13(17)19-4/h16H,5-12H2,1-4H3. The van der Waals surface area contributed by atoms with Gasteiger partial charge in [0.25, 0.3) is 0 Å². The van der Waals surface area contributed by atoms with E-state index in [1.807, 2.05) is 20.8 Å². The molecule has 0 aliphatic rings. The van der Waals surface area contributed by atoms with E-state index >= 15 is 0 Å². The number of carbonyl (C=O) groups excluding carboxylic acids is 2. The van der Waals surface area contributed by atoms with Crippen LogP contribution in [-0.4, -0.2) is 37.7 Å². The lowest BCUT2D eigenvalue weighted by molar-refractivity contribution is -0.153. The number of carbonyl (C=O) groups is 2. The van der Waals surface area contributed by atoms with Crippen LogP contribution in [0.15, 0.2) is 0 Å². The summed E-state index contributed by atoms with van der Waals surface area (Å²) in [4.78, 5) is 22.3. The zero-order chi connectivity index (χ0) is 15.4. The molecule has 20 heavy (non-hydrogen) atoms. The molecule has 0 atom stereocenters. The van der Waals surface area contributed by atoms with E-state index in [1.54, 1.807) is 0 Å². The van der Waals surface area contributed by atoms with Gasteiger partial charge in [-0.1, -0.05) is 19.3 Å². The van der Waals surface area contributed by atoms with Crippen LogP contribution in [0.2, 0.25) is 0 Å². The summed E-state index contributed by atoms with van der Waals surface area (Å²) in [5.41, 5.74) is -0.418. The Labute approximate surface area is 122 Å². The van der Waals surface area contributed by atoms with Crippen molar-refractivity contribution in [3.8, 4) is 0 Å². The molecule has 5 heteroatoms. The van der Waals surface area contributed by atoms with Crippen LogP contribution in [0.25, 0.3) is 0 Å². The van der Waals surface area contributed by atoms with Gasteiger partial charge in [0.2, 0.25) is 0 Å². The highest BCUT2D eigenvalue weighted by Crippen LogP contribution is 2.07. The number of nitrogens with one attached hydrogen (secondary N) is 1. The maximum atomic E-state index is 11.4. The van der Waals surface area contributed by atoms with Gasteiger partial charge in [0.15, 0.2) is 0 Å². The van der Waals surface area contributed by atoms with E-state index in [1.165, 1.54) is 7.11 Å². The molecule has 0 unspecified atom stereocenters. The molecule has 0 saturated heterocycles. The highest BCUT2D eigenvalue weighted by molar-refractivity contribution is 5.72. The maximum Gasteiger partial charge on any atom is 0.320 e. The number of unbranched alkanes of at least 4 members (excludes halogenated alkanes) is 4. The molecule has 0 aromatic carbocycles. The second-order valence-electron chi connectivity index (χ2n) is 5.86. The molecule has 0 fully saturated rings. The predicted molar refractivity (Wildman–Crippen MR) is 78.4 cm³/mol. The minimum atomic E-state index is -0.418. The summed E-state index contributed by atoms with van der Waals surface area (Å²) in [5, 5.41) is 3.08. The number of rotatable bonds is 10. The third kappa shape index (κ3) is 13.3. The largest absolute Gasteiger partial charge is 0.469 e. The Bertz CT molecular complexity index is 284.